The van der Waals surface area contributed by atoms with Crippen LogP contribution < -0.4 is 10.0 Å². The summed E-state index contributed by atoms with van der Waals surface area (Å²) in [6.07, 6.45) is 0. The minimum absolute atomic E-state index is 0.104. The van der Waals surface area contributed by atoms with Gasteiger partial charge in [0.05, 0.1) is 15.8 Å². The van der Waals surface area contributed by atoms with Crippen LogP contribution >= 0.6 is 11.8 Å². The second-order valence-corrected chi connectivity index (χ2v) is 8.30. The smallest absolute Gasteiger partial charge is 0.240 e. The quantitative estimate of drug-likeness (QED) is 0.892. The molecule has 0 aromatic heterocycles. The van der Waals surface area contributed by atoms with Crippen LogP contribution in [0.3, 0.4) is 0 Å². The fraction of sp³-hybridized carbons (Fsp3) is 0.462. The van der Waals surface area contributed by atoms with Crippen molar-refractivity contribution in [3.63, 3.8) is 0 Å². The zero-order valence-electron chi connectivity index (χ0n) is 11.6. The molecule has 1 aromatic rings. The van der Waals surface area contributed by atoms with Gasteiger partial charge in [-0.15, -0.1) is 11.8 Å². The summed E-state index contributed by atoms with van der Waals surface area (Å²) in [6, 6.07) is 4.81. The van der Waals surface area contributed by atoms with E-state index in [0.29, 0.717) is 12.2 Å². The van der Waals surface area contributed by atoms with Crippen molar-refractivity contribution in [2.75, 3.05) is 11.9 Å². The van der Waals surface area contributed by atoms with Crippen molar-refractivity contribution < 1.29 is 13.2 Å². The number of fused-ring (bicyclic) bond motifs is 1. The van der Waals surface area contributed by atoms with Gasteiger partial charge in [-0.2, -0.15) is 0 Å². The number of anilines is 1. The summed E-state index contributed by atoms with van der Waals surface area (Å²) in [7, 11) is -3.53. The van der Waals surface area contributed by atoms with E-state index >= 15 is 0 Å². The predicted octanol–water partition coefficient (Wildman–Crippen LogP) is 2.05. The first-order chi connectivity index (χ1) is 9.29. The number of benzene rings is 1. The van der Waals surface area contributed by atoms with Crippen LogP contribution in [0.25, 0.3) is 0 Å². The highest BCUT2D eigenvalue weighted by atomic mass is 32.2. The van der Waals surface area contributed by atoms with Crippen molar-refractivity contribution in [2.24, 2.45) is 5.92 Å². The van der Waals surface area contributed by atoms with Crippen LogP contribution in [-0.2, 0) is 14.8 Å². The van der Waals surface area contributed by atoms with Crippen molar-refractivity contribution in [1.29, 1.82) is 0 Å². The number of hydrogen-bond donors (Lipinski definition) is 2. The number of amides is 1. The molecule has 0 radical (unpaired) electrons. The Hall–Kier alpha value is -1.05. The fourth-order valence-electron chi connectivity index (χ4n) is 1.71. The third-order valence-electron chi connectivity index (χ3n) is 2.87. The maximum absolute atomic E-state index is 12.1. The molecule has 0 fully saturated rings. The van der Waals surface area contributed by atoms with Gasteiger partial charge in [0.25, 0.3) is 0 Å². The first kappa shape index (κ1) is 15.3. The van der Waals surface area contributed by atoms with E-state index in [9.17, 15) is 13.2 Å². The summed E-state index contributed by atoms with van der Waals surface area (Å²) in [5.41, 5.74) is 0.561. The summed E-state index contributed by atoms with van der Waals surface area (Å²) >= 11 is 1.43. The third kappa shape index (κ3) is 3.34. The monoisotopic (exact) mass is 314 g/mol. The lowest BCUT2D eigenvalue weighted by Crippen LogP contribution is -2.29. The molecule has 0 bridgehead atoms. The number of sulfonamides is 1. The van der Waals surface area contributed by atoms with Gasteiger partial charge in [-0.1, -0.05) is 13.8 Å². The van der Waals surface area contributed by atoms with Crippen molar-refractivity contribution in [1.82, 2.24) is 4.72 Å². The summed E-state index contributed by atoms with van der Waals surface area (Å²) in [4.78, 5) is 12.7. The number of thioether (sulfide) groups is 1. The highest BCUT2D eigenvalue weighted by Crippen LogP contribution is 2.36. The number of carbonyl (C=O) groups is 1. The lowest BCUT2D eigenvalue weighted by atomic mass is 10.2. The average molecular weight is 314 g/mol. The van der Waals surface area contributed by atoms with Gasteiger partial charge in [0, 0.05) is 11.4 Å². The molecule has 20 heavy (non-hydrogen) atoms. The van der Waals surface area contributed by atoms with E-state index in [1.165, 1.54) is 17.8 Å². The summed E-state index contributed by atoms with van der Waals surface area (Å²) < 4.78 is 26.8. The van der Waals surface area contributed by atoms with E-state index in [2.05, 4.69) is 10.0 Å². The minimum Gasteiger partial charge on any atom is -0.324 e. The second kappa shape index (κ2) is 5.75. The predicted molar refractivity (Wildman–Crippen MR) is 80.4 cm³/mol. The Balaban J connectivity index is 2.27. The Kier molecular flexibility index (Phi) is 4.41. The molecule has 1 aromatic carbocycles. The first-order valence-electron chi connectivity index (χ1n) is 6.41. The maximum atomic E-state index is 12.1. The zero-order valence-corrected chi connectivity index (χ0v) is 13.3. The summed E-state index contributed by atoms with van der Waals surface area (Å²) in [5, 5.41) is 2.57. The largest absolute Gasteiger partial charge is 0.324 e. The van der Waals surface area contributed by atoms with E-state index in [1.807, 2.05) is 20.8 Å². The van der Waals surface area contributed by atoms with Gasteiger partial charge in [0.1, 0.15) is 0 Å². The molecule has 0 saturated carbocycles. The van der Waals surface area contributed by atoms with Crippen molar-refractivity contribution in [3.8, 4) is 0 Å². The van der Waals surface area contributed by atoms with Crippen LogP contribution in [0.5, 0.6) is 0 Å². The van der Waals surface area contributed by atoms with E-state index < -0.39 is 10.0 Å². The van der Waals surface area contributed by atoms with Gasteiger partial charge in [-0.3, -0.25) is 4.79 Å². The molecule has 2 rings (SSSR count). The number of carbonyl (C=O) groups excluding carboxylic acids is 1. The van der Waals surface area contributed by atoms with Gasteiger partial charge < -0.3 is 5.32 Å². The molecule has 1 heterocycles. The average Bonchev–Trinajstić information content (AvgIpc) is 2.37. The Morgan fingerprint density at radius 3 is 2.75 bits per heavy atom. The highest BCUT2D eigenvalue weighted by Gasteiger charge is 2.25. The summed E-state index contributed by atoms with van der Waals surface area (Å²) in [5.74, 6) is 0.130. The molecule has 1 amide bonds. The van der Waals surface area contributed by atoms with E-state index in [1.54, 1.807) is 12.1 Å². The van der Waals surface area contributed by atoms with E-state index in [-0.39, 0.29) is 22.0 Å². The van der Waals surface area contributed by atoms with Gasteiger partial charge in [-0.05, 0) is 31.0 Å². The first-order valence-corrected chi connectivity index (χ1v) is 8.77. The minimum atomic E-state index is -3.53. The fourth-order valence-corrected chi connectivity index (χ4v) is 3.88. The molecule has 1 unspecified atom stereocenters. The SMILES string of the molecule is CC(C)CNS(=O)(=O)c1ccc2c(c1)NC(=O)C(C)S2. The van der Waals surface area contributed by atoms with Gasteiger partial charge in [0.15, 0.2) is 0 Å². The molecule has 0 spiro atoms. The number of rotatable bonds is 4. The molecule has 1 aliphatic heterocycles. The van der Waals surface area contributed by atoms with Crippen molar-refractivity contribution in [3.05, 3.63) is 18.2 Å². The molecule has 2 N–H and O–H groups in total. The maximum Gasteiger partial charge on any atom is 0.240 e. The topological polar surface area (TPSA) is 75.3 Å². The lowest BCUT2D eigenvalue weighted by Gasteiger charge is -2.22. The van der Waals surface area contributed by atoms with Crippen LogP contribution in [-0.4, -0.2) is 26.1 Å². The standard InChI is InChI=1S/C13H18N2O3S2/c1-8(2)7-14-20(17,18)10-4-5-12-11(6-10)15-13(16)9(3)19-12/h4-6,8-9,14H,7H2,1-3H3,(H,15,16). The molecule has 0 saturated heterocycles. The van der Waals surface area contributed by atoms with Gasteiger partial charge in [-0.25, -0.2) is 13.1 Å². The Bertz CT molecular complexity index is 627. The van der Waals surface area contributed by atoms with Crippen molar-refractivity contribution >= 4 is 33.4 Å². The Morgan fingerprint density at radius 1 is 1.40 bits per heavy atom. The van der Waals surface area contributed by atoms with Crippen LogP contribution in [0.4, 0.5) is 5.69 Å². The van der Waals surface area contributed by atoms with Gasteiger partial charge >= 0.3 is 0 Å². The van der Waals surface area contributed by atoms with Crippen LogP contribution in [0, 0.1) is 5.92 Å². The van der Waals surface area contributed by atoms with Gasteiger partial charge in [0.2, 0.25) is 15.9 Å². The molecule has 110 valence electrons. The normalized spacial score (nSPS) is 18.8. The molecule has 0 aliphatic carbocycles. The van der Waals surface area contributed by atoms with E-state index in [0.717, 1.165) is 4.90 Å². The second-order valence-electron chi connectivity index (χ2n) is 5.15. The highest BCUT2D eigenvalue weighted by molar-refractivity contribution is 8.01. The van der Waals surface area contributed by atoms with E-state index in [4.69, 9.17) is 0 Å². The van der Waals surface area contributed by atoms with Crippen molar-refractivity contribution in [2.45, 2.75) is 35.8 Å². The molecular weight excluding hydrogens is 296 g/mol. The molecule has 1 atom stereocenters. The number of hydrogen-bond acceptors (Lipinski definition) is 4. The zero-order chi connectivity index (χ0) is 14.9. The number of nitrogens with one attached hydrogen (secondary N) is 2. The molecule has 7 heteroatoms. The summed E-state index contributed by atoms with van der Waals surface area (Å²) in [6.45, 7) is 6.08. The van der Waals surface area contributed by atoms with Crippen LogP contribution in [0.2, 0.25) is 0 Å². The Morgan fingerprint density at radius 2 is 2.10 bits per heavy atom. The molecular formula is C13H18N2O3S2. The molecule has 1 aliphatic rings. The Labute approximate surface area is 123 Å². The van der Waals surface area contributed by atoms with Crippen LogP contribution in [0.1, 0.15) is 20.8 Å². The lowest BCUT2D eigenvalue weighted by molar-refractivity contribution is -0.115. The van der Waals surface area contributed by atoms with Crippen LogP contribution in [0.15, 0.2) is 28.0 Å². The molecule has 5 nitrogen and oxygen atoms in total. The third-order valence-corrected chi connectivity index (χ3v) is 5.47.